The van der Waals surface area contributed by atoms with Crippen molar-refractivity contribution in [3.63, 3.8) is 0 Å². The minimum Gasteiger partial charge on any atom is -0.493 e. The zero-order valence-electron chi connectivity index (χ0n) is 13.4. The number of hydrogen-bond acceptors (Lipinski definition) is 4. The van der Waals surface area contributed by atoms with Gasteiger partial charge < -0.3 is 19.5 Å². The Morgan fingerprint density at radius 2 is 2.14 bits per heavy atom. The average Bonchev–Trinajstić information content (AvgIpc) is 3.06. The van der Waals surface area contributed by atoms with Crippen molar-refractivity contribution < 1.29 is 19.0 Å². The van der Waals surface area contributed by atoms with Crippen LogP contribution in [0.2, 0.25) is 0 Å². The molecule has 1 heterocycles. The van der Waals surface area contributed by atoms with Crippen LogP contribution in [-0.2, 0) is 16.0 Å². The third-order valence-electron chi connectivity index (χ3n) is 3.87. The fourth-order valence-corrected chi connectivity index (χ4v) is 2.61. The molecule has 1 aromatic rings. The van der Waals surface area contributed by atoms with E-state index in [9.17, 15) is 4.79 Å². The van der Waals surface area contributed by atoms with Crippen molar-refractivity contribution in [1.82, 2.24) is 5.32 Å². The maximum atomic E-state index is 11.8. The summed E-state index contributed by atoms with van der Waals surface area (Å²) in [6.45, 7) is 1.45. The van der Waals surface area contributed by atoms with Crippen LogP contribution in [-0.4, -0.2) is 39.4 Å². The molecule has 5 heteroatoms. The van der Waals surface area contributed by atoms with Gasteiger partial charge in [-0.05, 0) is 43.4 Å². The molecule has 1 aliphatic heterocycles. The molecule has 1 atom stereocenters. The normalized spacial score (nSPS) is 17.3. The number of carbonyl (C=O) groups excluding carboxylic acids is 1. The monoisotopic (exact) mass is 307 g/mol. The number of amides is 1. The van der Waals surface area contributed by atoms with Gasteiger partial charge in [-0.3, -0.25) is 4.79 Å². The van der Waals surface area contributed by atoms with E-state index in [0.717, 1.165) is 49.4 Å². The highest BCUT2D eigenvalue weighted by Gasteiger charge is 2.15. The predicted molar refractivity (Wildman–Crippen MR) is 84.5 cm³/mol. The number of ether oxygens (including phenoxy) is 3. The Morgan fingerprint density at radius 3 is 2.82 bits per heavy atom. The van der Waals surface area contributed by atoms with E-state index < -0.39 is 0 Å². The van der Waals surface area contributed by atoms with E-state index in [4.69, 9.17) is 14.2 Å². The number of methoxy groups -OCH3 is 2. The third kappa shape index (κ3) is 4.91. The van der Waals surface area contributed by atoms with Crippen molar-refractivity contribution in [2.45, 2.75) is 38.2 Å². The topological polar surface area (TPSA) is 56.8 Å². The van der Waals surface area contributed by atoms with Gasteiger partial charge in [0.15, 0.2) is 11.5 Å². The molecule has 0 bridgehead atoms. The lowest BCUT2D eigenvalue weighted by Crippen LogP contribution is -2.31. The van der Waals surface area contributed by atoms with Gasteiger partial charge in [0, 0.05) is 19.6 Å². The van der Waals surface area contributed by atoms with Crippen molar-refractivity contribution in [2.75, 3.05) is 27.4 Å². The van der Waals surface area contributed by atoms with E-state index in [1.165, 1.54) is 0 Å². The van der Waals surface area contributed by atoms with Crippen LogP contribution >= 0.6 is 0 Å². The van der Waals surface area contributed by atoms with Gasteiger partial charge >= 0.3 is 0 Å². The second-order valence-electron chi connectivity index (χ2n) is 5.48. The number of hydrogen-bond donors (Lipinski definition) is 1. The van der Waals surface area contributed by atoms with E-state index in [2.05, 4.69) is 5.32 Å². The first kappa shape index (κ1) is 16.6. The summed E-state index contributed by atoms with van der Waals surface area (Å²) in [7, 11) is 3.25. The zero-order chi connectivity index (χ0) is 15.8. The van der Waals surface area contributed by atoms with Crippen molar-refractivity contribution in [3.8, 4) is 11.5 Å². The van der Waals surface area contributed by atoms with Gasteiger partial charge in [-0.2, -0.15) is 0 Å². The minimum atomic E-state index is 0.0935. The van der Waals surface area contributed by atoms with Gasteiger partial charge in [-0.25, -0.2) is 0 Å². The Labute approximate surface area is 131 Å². The summed E-state index contributed by atoms with van der Waals surface area (Å²) < 4.78 is 16.0. The first-order valence-electron chi connectivity index (χ1n) is 7.82. The van der Waals surface area contributed by atoms with Crippen LogP contribution in [0.5, 0.6) is 11.5 Å². The summed E-state index contributed by atoms with van der Waals surface area (Å²) in [5.74, 6) is 1.54. The lowest BCUT2D eigenvalue weighted by molar-refractivity contribution is -0.121. The number of rotatable bonds is 8. The highest BCUT2D eigenvalue weighted by atomic mass is 16.5. The molecule has 0 aromatic heterocycles. The summed E-state index contributed by atoms with van der Waals surface area (Å²) in [4.78, 5) is 11.8. The predicted octanol–water partition coefficient (Wildman–Crippen LogP) is 2.32. The number of nitrogens with one attached hydrogen (secondary N) is 1. The lowest BCUT2D eigenvalue weighted by atomic mass is 10.1. The van der Waals surface area contributed by atoms with Gasteiger partial charge in [-0.1, -0.05) is 6.07 Å². The molecule has 1 fully saturated rings. The van der Waals surface area contributed by atoms with Gasteiger partial charge in [0.1, 0.15) is 0 Å². The summed E-state index contributed by atoms with van der Waals surface area (Å²) in [6, 6.07) is 5.86. The second-order valence-corrected chi connectivity index (χ2v) is 5.48. The molecule has 1 saturated heterocycles. The second kappa shape index (κ2) is 8.63. The first-order chi connectivity index (χ1) is 10.7. The van der Waals surface area contributed by atoms with Gasteiger partial charge in [0.25, 0.3) is 0 Å². The highest BCUT2D eigenvalue weighted by molar-refractivity contribution is 5.75. The van der Waals surface area contributed by atoms with E-state index >= 15 is 0 Å². The minimum absolute atomic E-state index is 0.0935. The van der Waals surface area contributed by atoms with Crippen LogP contribution in [0.25, 0.3) is 0 Å². The Balaban J connectivity index is 1.70. The number of benzene rings is 1. The Hall–Kier alpha value is -1.75. The van der Waals surface area contributed by atoms with E-state index in [-0.39, 0.29) is 12.0 Å². The van der Waals surface area contributed by atoms with Crippen molar-refractivity contribution in [2.24, 2.45) is 0 Å². The molecule has 5 nitrogen and oxygen atoms in total. The maximum absolute atomic E-state index is 11.8. The summed E-state index contributed by atoms with van der Waals surface area (Å²) in [6.07, 6.45) is 4.53. The molecule has 0 radical (unpaired) electrons. The Morgan fingerprint density at radius 1 is 1.32 bits per heavy atom. The molecule has 1 unspecified atom stereocenters. The van der Waals surface area contributed by atoms with Gasteiger partial charge in [0.2, 0.25) is 5.91 Å². The fraction of sp³-hybridized carbons (Fsp3) is 0.588. The lowest BCUT2D eigenvalue weighted by Gasteiger charge is -2.11. The summed E-state index contributed by atoms with van der Waals surface area (Å²) >= 11 is 0. The number of aryl methyl sites for hydroxylation is 1. The molecule has 0 saturated carbocycles. The average molecular weight is 307 g/mol. The molecule has 0 aliphatic carbocycles. The quantitative estimate of drug-likeness (QED) is 0.801. The first-order valence-corrected chi connectivity index (χ1v) is 7.82. The van der Waals surface area contributed by atoms with Crippen molar-refractivity contribution in [3.05, 3.63) is 23.8 Å². The SMILES string of the molecule is COc1ccc(CCCC(=O)NCC2CCCO2)cc1OC. The number of carbonyl (C=O) groups is 1. The molecule has 22 heavy (non-hydrogen) atoms. The molecule has 1 N–H and O–H groups in total. The fourth-order valence-electron chi connectivity index (χ4n) is 2.61. The molecule has 1 amide bonds. The molecule has 2 rings (SSSR count). The van der Waals surface area contributed by atoms with Gasteiger partial charge in [0.05, 0.1) is 20.3 Å². The Kier molecular flexibility index (Phi) is 6.52. The largest absolute Gasteiger partial charge is 0.493 e. The summed E-state index contributed by atoms with van der Waals surface area (Å²) in [5.41, 5.74) is 1.14. The van der Waals surface area contributed by atoms with E-state index in [1.54, 1.807) is 14.2 Å². The van der Waals surface area contributed by atoms with Crippen LogP contribution in [0.4, 0.5) is 0 Å². The molecule has 0 spiro atoms. The zero-order valence-corrected chi connectivity index (χ0v) is 13.4. The van der Waals surface area contributed by atoms with Crippen molar-refractivity contribution in [1.29, 1.82) is 0 Å². The smallest absolute Gasteiger partial charge is 0.220 e. The maximum Gasteiger partial charge on any atom is 0.220 e. The van der Waals surface area contributed by atoms with Crippen LogP contribution in [0.3, 0.4) is 0 Å². The van der Waals surface area contributed by atoms with Crippen LogP contribution < -0.4 is 14.8 Å². The summed E-state index contributed by atoms with van der Waals surface area (Å²) in [5, 5.41) is 2.94. The standard InChI is InChI=1S/C17H25NO4/c1-20-15-9-8-13(11-16(15)21-2)5-3-7-17(19)18-12-14-6-4-10-22-14/h8-9,11,14H,3-7,10,12H2,1-2H3,(H,18,19). The van der Waals surface area contributed by atoms with Crippen molar-refractivity contribution >= 4 is 5.91 Å². The van der Waals surface area contributed by atoms with Crippen LogP contribution in [0.15, 0.2) is 18.2 Å². The molecule has 122 valence electrons. The molecule has 1 aliphatic rings. The highest BCUT2D eigenvalue weighted by Crippen LogP contribution is 2.28. The van der Waals surface area contributed by atoms with Crippen LogP contribution in [0.1, 0.15) is 31.2 Å². The molecular formula is C17H25NO4. The Bertz CT molecular complexity index is 484. The van der Waals surface area contributed by atoms with Gasteiger partial charge in [-0.15, -0.1) is 0 Å². The van der Waals surface area contributed by atoms with E-state index in [0.29, 0.717) is 13.0 Å². The third-order valence-corrected chi connectivity index (χ3v) is 3.87. The molecule has 1 aromatic carbocycles. The van der Waals surface area contributed by atoms with Crippen LogP contribution in [0, 0.1) is 0 Å². The van der Waals surface area contributed by atoms with E-state index in [1.807, 2.05) is 18.2 Å². The molecular weight excluding hydrogens is 282 g/mol.